The molecule has 102 valence electrons. The highest BCUT2D eigenvalue weighted by Crippen LogP contribution is 2.20. The largest absolute Gasteiger partial charge is 0.354 e. The smallest absolute Gasteiger partial charge is 0.145 e. The molecule has 3 N–H and O–H groups in total. The van der Waals surface area contributed by atoms with Crippen LogP contribution in [0.25, 0.3) is 0 Å². The third-order valence-electron chi connectivity index (χ3n) is 2.67. The molecule has 2 rings (SSSR count). The van der Waals surface area contributed by atoms with Crippen molar-refractivity contribution < 1.29 is 0 Å². The first-order chi connectivity index (χ1) is 9.10. The molecule has 0 aromatic carbocycles. The number of nitrogen functional groups attached to an aromatic ring is 1. The molecule has 2 aromatic heterocycles. The second-order valence-electron chi connectivity index (χ2n) is 4.60. The van der Waals surface area contributed by atoms with Gasteiger partial charge in [0.2, 0.25) is 0 Å². The molecule has 0 aliphatic rings. The molecule has 0 saturated heterocycles. The van der Waals surface area contributed by atoms with Crippen LogP contribution in [0.4, 0.5) is 11.6 Å². The lowest BCUT2D eigenvalue weighted by Crippen LogP contribution is -2.20. The van der Waals surface area contributed by atoms with Crippen molar-refractivity contribution in [3.63, 3.8) is 0 Å². The topological polar surface area (TPSA) is 80.0 Å². The second-order valence-corrected chi connectivity index (χ2v) is 5.32. The number of hydrogen-bond acceptors (Lipinski definition) is 7. The Hall–Kier alpha value is -1.73. The maximum Gasteiger partial charge on any atom is 0.145 e. The van der Waals surface area contributed by atoms with Gasteiger partial charge in [0, 0.05) is 24.4 Å². The van der Waals surface area contributed by atoms with Gasteiger partial charge in [-0.15, -0.1) is 11.3 Å². The predicted molar refractivity (Wildman–Crippen MR) is 78.2 cm³/mol. The fourth-order valence-corrected chi connectivity index (χ4v) is 2.17. The SMILES string of the molecule is CC(C)c1nc(NN)cc(N(C)Cc2cscn2)n1. The minimum absolute atomic E-state index is 0.250. The van der Waals surface area contributed by atoms with Gasteiger partial charge in [-0.3, -0.25) is 0 Å². The van der Waals surface area contributed by atoms with Gasteiger partial charge in [0.05, 0.1) is 17.7 Å². The van der Waals surface area contributed by atoms with Crippen molar-refractivity contribution in [1.82, 2.24) is 15.0 Å². The Bertz CT molecular complexity index is 525. The van der Waals surface area contributed by atoms with Gasteiger partial charge in [-0.2, -0.15) is 0 Å². The Morgan fingerprint density at radius 1 is 1.42 bits per heavy atom. The van der Waals surface area contributed by atoms with E-state index in [-0.39, 0.29) is 5.92 Å². The second kappa shape index (κ2) is 5.94. The van der Waals surface area contributed by atoms with Gasteiger partial charge in [0.25, 0.3) is 0 Å². The molecule has 0 radical (unpaired) electrons. The van der Waals surface area contributed by atoms with Crippen LogP contribution in [0, 0.1) is 0 Å². The maximum absolute atomic E-state index is 5.45. The first-order valence-corrected chi connectivity index (χ1v) is 6.98. The van der Waals surface area contributed by atoms with E-state index in [4.69, 9.17) is 5.84 Å². The Morgan fingerprint density at radius 2 is 2.21 bits per heavy atom. The van der Waals surface area contributed by atoms with E-state index in [9.17, 15) is 0 Å². The van der Waals surface area contributed by atoms with Gasteiger partial charge in [0.15, 0.2) is 0 Å². The molecule has 0 amide bonds. The van der Waals surface area contributed by atoms with Crippen molar-refractivity contribution in [3.05, 3.63) is 28.5 Å². The van der Waals surface area contributed by atoms with Crippen LogP contribution in [0.15, 0.2) is 17.0 Å². The molecule has 2 aromatic rings. The lowest BCUT2D eigenvalue weighted by molar-refractivity contribution is 0.761. The monoisotopic (exact) mass is 278 g/mol. The zero-order valence-electron chi connectivity index (χ0n) is 11.3. The minimum atomic E-state index is 0.250. The molecule has 0 unspecified atom stereocenters. The number of nitrogens with two attached hydrogens (primary N) is 1. The minimum Gasteiger partial charge on any atom is -0.354 e. The van der Waals surface area contributed by atoms with E-state index in [1.165, 1.54) is 0 Å². The number of rotatable bonds is 5. The lowest BCUT2D eigenvalue weighted by Gasteiger charge is -2.19. The molecule has 7 heteroatoms. The summed E-state index contributed by atoms with van der Waals surface area (Å²) in [5, 5.41) is 2.03. The molecule has 6 nitrogen and oxygen atoms in total. The van der Waals surface area contributed by atoms with Crippen molar-refractivity contribution in [2.24, 2.45) is 5.84 Å². The van der Waals surface area contributed by atoms with Crippen LogP contribution < -0.4 is 16.2 Å². The van der Waals surface area contributed by atoms with E-state index >= 15 is 0 Å². The van der Waals surface area contributed by atoms with Crippen molar-refractivity contribution in [2.45, 2.75) is 26.3 Å². The summed E-state index contributed by atoms with van der Waals surface area (Å²) in [6, 6.07) is 1.83. The van der Waals surface area contributed by atoms with E-state index in [2.05, 4.69) is 34.2 Å². The lowest BCUT2D eigenvalue weighted by atomic mass is 10.2. The molecule has 0 aliphatic heterocycles. The maximum atomic E-state index is 5.45. The Kier molecular flexibility index (Phi) is 4.28. The molecule has 0 bridgehead atoms. The van der Waals surface area contributed by atoms with E-state index in [1.807, 2.05) is 28.9 Å². The van der Waals surface area contributed by atoms with Crippen molar-refractivity contribution >= 4 is 23.0 Å². The first-order valence-electron chi connectivity index (χ1n) is 6.04. The molecule has 19 heavy (non-hydrogen) atoms. The summed E-state index contributed by atoms with van der Waals surface area (Å²) in [6.45, 7) is 4.82. The summed E-state index contributed by atoms with van der Waals surface area (Å²) >= 11 is 1.59. The van der Waals surface area contributed by atoms with Crippen LogP contribution in [-0.4, -0.2) is 22.0 Å². The first kappa shape index (κ1) is 13.7. The molecular weight excluding hydrogens is 260 g/mol. The molecule has 0 saturated carbocycles. The normalized spacial score (nSPS) is 10.8. The summed E-state index contributed by atoms with van der Waals surface area (Å²) in [7, 11) is 1.98. The number of hydrogen-bond donors (Lipinski definition) is 2. The average Bonchev–Trinajstić information content (AvgIpc) is 2.90. The number of thiazole rings is 1. The van der Waals surface area contributed by atoms with Crippen molar-refractivity contribution in [3.8, 4) is 0 Å². The predicted octanol–water partition coefficient (Wildman–Crippen LogP) is 1.98. The Labute approximate surface area is 116 Å². The van der Waals surface area contributed by atoms with Gasteiger partial charge in [-0.25, -0.2) is 20.8 Å². The number of aromatic nitrogens is 3. The van der Waals surface area contributed by atoms with Crippen molar-refractivity contribution in [1.29, 1.82) is 0 Å². The van der Waals surface area contributed by atoms with Crippen LogP contribution in [0.1, 0.15) is 31.3 Å². The molecule has 0 fully saturated rings. The van der Waals surface area contributed by atoms with Gasteiger partial charge >= 0.3 is 0 Å². The zero-order chi connectivity index (χ0) is 13.8. The zero-order valence-corrected chi connectivity index (χ0v) is 12.1. The molecule has 0 atom stereocenters. The number of nitrogens with one attached hydrogen (secondary N) is 1. The highest BCUT2D eigenvalue weighted by atomic mass is 32.1. The quantitative estimate of drug-likeness (QED) is 0.643. The van der Waals surface area contributed by atoms with E-state index in [0.717, 1.165) is 17.3 Å². The molecular formula is C12H18N6S. The van der Waals surface area contributed by atoms with E-state index < -0.39 is 0 Å². The van der Waals surface area contributed by atoms with Gasteiger partial charge in [0.1, 0.15) is 17.5 Å². The standard InChI is InChI=1S/C12H18N6S/c1-8(2)12-15-10(17-13)4-11(16-12)18(3)5-9-6-19-7-14-9/h4,6-8H,5,13H2,1-3H3,(H,15,16,17). The highest BCUT2D eigenvalue weighted by Gasteiger charge is 2.11. The van der Waals surface area contributed by atoms with Gasteiger partial charge in [-0.1, -0.05) is 13.8 Å². The molecule has 2 heterocycles. The summed E-state index contributed by atoms with van der Waals surface area (Å²) in [5.41, 5.74) is 5.44. The highest BCUT2D eigenvalue weighted by molar-refractivity contribution is 7.07. The fraction of sp³-hybridized carbons (Fsp3) is 0.417. The van der Waals surface area contributed by atoms with E-state index in [0.29, 0.717) is 12.4 Å². The number of hydrazine groups is 1. The van der Waals surface area contributed by atoms with E-state index in [1.54, 1.807) is 11.3 Å². The van der Waals surface area contributed by atoms with Crippen molar-refractivity contribution in [2.75, 3.05) is 17.4 Å². The number of anilines is 2. The summed E-state index contributed by atoms with van der Waals surface area (Å²) in [4.78, 5) is 15.2. The summed E-state index contributed by atoms with van der Waals surface area (Å²) in [5.74, 6) is 7.93. The number of nitrogens with zero attached hydrogens (tertiary/aromatic N) is 4. The Balaban J connectivity index is 2.24. The Morgan fingerprint density at radius 3 is 2.79 bits per heavy atom. The van der Waals surface area contributed by atoms with Gasteiger partial charge < -0.3 is 10.3 Å². The third-order valence-corrected chi connectivity index (χ3v) is 3.30. The average molecular weight is 278 g/mol. The molecule has 0 spiro atoms. The third kappa shape index (κ3) is 3.39. The van der Waals surface area contributed by atoms with Gasteiger partial charge in [-0.05, 0) is 0 Å². The van der Waals surface area contributed by atoms with Crippen LogP contribution in [0.5, 0.6) is 0 Å². The van der Waals surface area contributed by atoms with Crippen LogP contribution in [-0.2, 0) is 6.54 Å². The molecule has 0 aliphatic carbocycles. The summed E-state index contributed by atoms with van der Waals surface area (Å²) < 4.78 is 0. The summed E-state index contributed by atoms with van der Waals surface area (Å²) in [6.07, 6.45) is 0. The fourth-order valence-electron chi connectivity index (χ4n) is 1.62. The van der Waals surface area contributed by atoms with Crippen LogP contribution in [0.2, 0.25) is 0 Å². The van der Waals surface area contributed by atoms with Crippen LogP contribution >= 0.6 is 11.3 Å². The van der Waals surface area contributed by atoms with Crippen LogP contribution in [0.3, 0.4) is 0 Å².